The maximum Gasteiger partial charge on any atom is 0.230 e. The van der Waals surface area contributed by atoms with Crippen LogP contribution in [0.5, 0.6) is 5.75 Å². The molecule has 0 N–H and O–H groups in total. The fourth-order valence-corrected chi connectivity index (χ4v) is 12.0. The SMILES string of the molecule is CCCCc1c[c-]ccc1.CCCCc1cc[c-]o1.CCCCc1cc[c-]s1.CCCSc1n[c-]cs1.CCOCc1c[c-]ccc1.CCOCc1cc[c-]o1.CCOCc1cc[c-]s1.[B]N1C(=O)C(C)CC1C(C)C.[CH2-]CC/C=C\CC.[CH2-]CCCCCC.[CH2-]CCCOCC.[CH2-]Cc1ccc(C)cc1.[CH2-]Oc1cccc(CC)c1.[Y].[Y].[Y].[Y].[Y].[Y].[Y].[Y].[Y].[Y].[Y].[Y]. The number of thioether (sulfide) groups is 1. The van der Waals surface area contributed by atoms with Gasteiger partial charge in [-0.2, -0.15) is 141 Å². The van der Waals surface area contributed by atoms with Gasteiger partial charge in [0, 0.05) is 457 Å². The quantitative estimate of drug-likeness (QED) is 0.0124. The zero-order valence-electron chi connectivity index (χ0n) is 81.3. The monoisotopic (exact) mass is 2720 g/mol. The number of nitrogens with zero attached hydrogens (tertiary/aromatic N) is 2. The second-order valence-corrected chi connectivity index (χ2v) is 30.8. The smallest absolute Gasteiger partial charge is 0.230 e. The molecule has 1 aliphatic heterocycles. The summed E-state index contributed by atoms with van der Waals surface area (Å²) < 4.78 is 36.3. The molecule has 9 aromatic rings. The summed E-state index contributed by atoms with van der Waals surface area (Å²) in [6.07, 6.45) is 39.4. The molecule has 686 valence electrons. The number of aromatic nitrogens is 1. The molecule has 0 bridgehead atoms. The number of carbonyl (C=O) groups is 1. The summed E-state index contributed by atoms with van der Waals surface area (Å²) in [5.74, 6) is 4.56. The number of allylic oxidation sites excluding steroid dienone is 2. The number of hydrogen-bond acceptors (Lipinski definition) is 13. The van der Waals surface area contributed by atoms with E-state index in [0.717, 1.165) is 125 Å². The van der Waals surface area contributed by atoms with Gasteiger partial charge in [0.05, 0.1) is 5.75 Å². The van der Waals surface area contributed by atoms with Gasteiger partial charge < -0.3 is 81.3 Å². The zero-order chi connectivity index (χ0) is 86.4. The summed E-state index contributed by atoms with van der Waals surface area (Å²) >= 11 is 6.81. The van der Waals surface area contributed by atoms with Gasteiger partial charge in [-0.1, -0.05) is 236 Å². The number of ether oxygens (including phenoxy) is 5. The van der Waals surface area contributed by atoms with Gasteiger partial charge in [-0.05, 0) is 112 Å². The third-order valence-electron chi connectivity index (χ3n) is 16.1. The molecule has 0 saturated carbocycles. The molecule has 14 radical (unpaired) electrons. The van der Waals surface area contributed by atoms with Crippen LogP contribution >= 0.6 is 45.8 Å². The van der Waals surface area contributed by atoms with E-state index in [2.05, 4.69) is 211 Å². The van der Waals surface area contributed by atoms with Gasteiger partial charge in [0.25, 0.3) is 0 Å². The van der Waals surface area contributed by atoms with Crippen molar-refractivity contribution in [1.29, 1.82) is 0 Å². The van der Waals surface area contributed by atoms with Crippen molar-refractivity contribution >= 4 is 59.7 Å². The Hall–Kier alpha value is 6.98. The topological polar surface area (TPSA) is 106 Å². The molecule has 4 aromatic carbocycles. The zero-order valence-corrected chi connectivity index (χ0v) is 119. The third kappa shape index (κ3) is 112. The fourth-order valence-electron chi connectivity index (χ4n) is 9.31. The first-order valence-electron chi connectivity index (χ1n) is 42.4. The van der Waals surface area contributed by atoms with E-state index in [9.17, 15) is 4.79 Å². The van der Waals surface area contributed by atoms with Crippen molar-refractivity contribution in [3.8, 4) is 5.75 Å². The molecular weight excluding hydrogens is 2580 g/mol. The second-order valence-electron chi connectivity index (χ2n) is 26.6. The number of furan rings is 2. The Morgan fingerprint density at radius 3 is 1.48 bits per heavy atom. The molecule has 1 fully saturated rings. The number of thiophene rings is 2. The minimum absolute atomic E-state index is 0. The van der Waals surface area contributed by atoms with Gasteiger partial charge in [-0.25, -0.2) is 17.4 Å². The van der Waals surface area contributed by atoms with Gasteiger partial charge in [0.15, 0.2) is 0 Å². The Bertz CT molecular complexity index is 3070. The van der Waals surface area contributed by atoms with Crippen molar-refractivity contribution in [1.82, 2.24) is 9.79 Å². The normalized spacial score (nSPS) is 10.8. The van der Waals surface area contributed by atoms with Gasteiger partial charge in [-0.3, -0.25) is 16.1 Å². The molecule has 10 nitrogen and oxygen atoms in total. The van der Waals surface area contributed by atoms with Crippen molar-refractivity contribution in [2.45, 2.75) is 282 Å². The van der Waals surface area contributed by atoms with Crippen LogP contribution in [0, 0.1) is 95.2 Å². The summed E-state index contributed by atoms with van der Waals surface area (Å²) in [6, 6.07) is 54.2. The number of rotatable bonds is 36. The van der Waals surface area contributed by atoms with Gasteiger partial charge in [0.2, 0.25) is 13.9 Å². The van der Waals surface area contributed by atoms with E-state index in [1.165, 1.54) is 132 Å². The Morgan fingerprint density at radius 2 is 1.06 bits per heavy atom. The molecule has 1 saturated heterocycles. The molecule has 1 amide bonds. The van der Waals surface area contributed by atoms with Crippen LogP contribution in [-0.2, 0) is 468 Å². The third-order valence-corrected chi connectivity index (χ3v) is 19.8. The summed E-state index contributed by atoms with van der Waals surface area (Å²) in [5.41, 5.74) is 6.49. The van der Waals surface area contributed by atoms with Crippen LogP contribution in [0.15, 0.2) is 176 Å². The summed E-state index contributed by atoms with van der Waals surface area (Å²) in [5, 5.41) is 7.97. The number of thiazole rings is 1. The van der Waals surface area contributed by atoms with Crippen LogP contribution in [0.3, 0.4) is 0 Å². The van der Waals surface area contributed by atoms with Crippen molar-refractivity contribution in [3.63, 3.8) is 0 Å². The molecule has 6 heterocycles. The van der Waals surface area contributed by atoms with Crippen molar-refractivity contribution in [2.24, 2.45) is 11.8 Å². The Kier molecular flexibility index (Phi) is 176. The van der Waals surface area contributed by atoms with Crippen LogP contribution in [0.25, 0.3) is 0 Å². The van der Waals surface area contributed by atoms with Crippen LogP contribution in [0.4, 0.5) is 0 Å². The molecule has 2 unspecified atom stereocenters. The van der Waals surface area contributed by atoms with Crippen LogP contribution < -0.4 is 4.74 Å². The predicted octanol–water partition coefficient (Wildman–Crippen LogP) is 29.0. The summed E-state index contributed by atoms with van der Waals surface area (Å²) in [4.78, 5) is 19.3. The van der Waals surface area contributed by atoms with E-state index in [1.54, 1.807) is 51.8 Å². The molecule has 2 atom stereocenters. The van der Waals surface area contributed by atoms with E-state index < -0.39 is 0 Å². The fraction of sp³-hybridized carbons (Fsp3) is 0.495. The number of amides is 1. The number of hydrogen-bond donors (Lipinski definition) is 0. The number of carbonyl (C=O) groups excluding carboxylic acids is 1. The first-order valence-corrected chi connectivity index (χ1v) is 45.9. The number of benzene rings is 4. The van der Waals surface area contributed by atoms with Crippen LogP contribution in [0.2, 0.25) is 0 Å². The van der Waals surface area contributed by atoms with Gasteiger partial charge in [-0.15, -0.1) is 44.4 Å². The maximum absolute atomic E-state index is 11.2. The molecule has 128 heavy (non-hydrogen) atoms. The second kappa shape index (κ2) is 134. The molecule has 10 rings (SSSR count). The molecule has 0 aliphatic carbocycles. The largest absolute Gasteiger partial charge is 0.665 e. The van der Waals surface area contributed by atoms with E-state index in [1.807, 2.05) is 131 Å². The Morgan fingerprint density at radius 1 is 0.539 bits per heavy atom. The summed E-state index contributed by atoms with van der Waals surface area (Å²) in [6.45, 7) is 52.3. The molecule has 27 heteroatoms. The number of unbranched alkanes of at least 4 members (excludes halogenated alkanes) is 9. The van der Waals surface area contributed by atoms with Crippen molar-refractivity contribution < 1.29 is 430 Å². The molecule has 0 spiro atoms. The first kappa shape index (κ1) is 168. The predicted molar refractivity (Wildman–Crippen MR) is 502 cm³/mol. The minimum Gasteiger partial charge on any atom is -0.665 e. The molecule has 1 aliphatic rings. The average molecular weight is 2730 g/mol. The minimum atomic E-state index is 0. The number of aryl methyl sites for hydroxylation is 5. The maximum atomic E-state index is 11.2. The Labute approximate surface area is 1100 Å². The summed E-state index contributed by atoms with van der Waals surface area (Å²) in [7, 11) is 8.93. The van der Waals surface area contributed by atoms with E-state index in [0.29, 0.717) is 19.1 Å². The Balaban J connectivity index is -0.0000000826. The standard InChI is InChI=1S/C10H13.2C9H11O.C9H11.C8H14BNO.C8H11O.C8H11S.C7H9O2.C7H9OS.C7H15.C7H13.C6H8NS2.C6H13O.12Y/c1-2-3-7-10-8-5-4-6-9-10;1-3-8-5-4-6-9(7-8)10-2;1-2-10-8-9-6-4-3-5-7-9;1-3-9-6-4-8(2)5-7-9;1-5(2)7-4-6(3)8(11)10(7)9;2*1-2-3-5-8-6-4-7-9-8;2*1-2-8-6-7-4-3-5-9-7;2*1-3-5-7-6-4-2;1-2-4-8-6-7-3-5-9-6;1-3-5-6-7-4-2;;;;;;;;;;;;/h4-5,8-9H,2-3,7H2,1H3;4-7H,2-3H2,1H3;3-4,6-7H,2,8H2,1H3;4-7H,1,3H2,2H3;5-7H,4H2,1-3H3;2*4,6H,2-3,5H2,1H3;2*3-4H,2,6H2,1H3;1,3-7H2,2H3;6-7H,1,3-5H2,2H3;5H,2,4H2,1H3;1,3-6H2,2H3;;;;;;;;;;;;/q4*-1;;8*-1;;;;;;;;;;;;/b;;;;;;;;;;7-6-;;;;;;;;;;;;;;. The van der Waals surface area contributed by atoms with Crippen molar-refractivity contribution in [2.75, 3.05) is 38.8 Å². The molecular formula is C101H149BN2O8S4Y12-12. The average Bonchev–Trinajstić information content (AvgIpc) is 1.69. The van der Waals surface area contributed by atoms with Gasteiger partial charge in [0.1, 0.15) is 0 Å². The first-order chi connectivity index (χ1) is 56.5. The van der Waals surface area contributed by atoms with E-state index in [4.69, 9.17) is 40.5 Å². The van der Waals surface area contributed by atoms with Gasteiger partial charge >= 0.3 is 0 Å². The van der Waals surface area contributed by atoms with E-state index in [-0.39, 0.29) is 410 Å². The molecule has 5 aromatic heterocycles. The van der Waals surface area contributed by atoms with Crippen LogP contribution in [0.1, 0.15) is 262 Å². The van der Waals surface area contributed by atoms with E-state index >= 15 is 0 Å². The van der Waals surface area contributed by atoms with Crippen molar-refractivity contribution in [3.05, 3.63) is 289 Å². The van der Waals surface area contributed by atoms with Crippen LogP contribution in [-0.4, -0.2) is 68.5 Å².